The van der Waals surface area contributed by atoms with Gasteiger partial charge in [0.15, 0.2) is 11.6 Å². The quantitative estimate of drug-likeness (QED) is 0.326. The second-order valence-electron chi connectivity index (χ2n) is 7.44. The average Bonchev–Trinajstić information content (AvgIpc) is 2.83. The van der Waals surface area contributed by atoms with Crippen molar-refractivity contribution in [1.82, 2.24) is 4.57 Å². The van der Waals surface area contributed by atoms with Crippen LogP contribution in [0, 0.1) is 23.0 Å². The molecule has 168 valence electrons. The van der Waals surface area contributed by atoms with Crippen LogP contribution in [0.2, 0.25) is 0 Å². The van der Waals surface area contributed by atoms with Crippen LogP contribution in [0.4, 0.5) is 14.5 Å². The van der Waals surface area contributed by atoms with Crippen LogP contribution in [0.1, 0.15) is 0 Å². The lowest BCUT2D eigenvalue weighted by atomic mass is 9.99. The van der Waals surface area contributed by atoms with E-state index in [1.165, 1.54) is 22.8 Å². The zero-order chi connectivity index (χ0) is 24.4. The molecule has 34 heavy (non-hydrogen) atoms. The van der Waals surface area contributed by atoms with Gasteiger partial charge < -0.3 is 14.6 Å². The average molecular weight is 457 g/mol. The molecule has 1 heterocycles. The number of ether oxygens (including phenoxy) is 1. The predicted octanol–water partition coefficient (Wildman–Crippen LogP) is 5.29. The van der Waals surface area contributed by atoms with Gasteiger partial charge in [0.2, 0.25) is 0 Å². The van der Waals surface area contributed by atoms with Gasteiger partial charge in [-0.05, 0) is 41.8 Å². The van der Waals surface area contributed by atoms with E-state index >= 15 is 0 Å². The number of benzene rings is 3. The molecule has 4 rings (SSSR count). The van der Waals surface area contributed by atoms with Gasteiger partial charge in [-0.25, -0.2) is 8.78 Å². The first-order valence-corrected chi connectivity index (χ1v) is 10.0. The summed E-state index contributed by atoms with van der Waals surface area (Å²) in [6.45, 7) is 3.39. The summed E-state index contributed by atoms with van der Waals surface area (Å²) < 4.78 is 34.9. The molecule has 0 aliphatic heterocycles. The molecule has 6 nitrogen and oxygen atoms in total. The highest BCUT2D eigenvalue weighted by Crippen LogP contribution is 2.39. The molecule has 1 amide bonds. The number of aromatic nitrogens is 1. The van der Waals surface area contributed by atoms with Crippen LogP contribution in [-0.4, -0.2) is 10.5 Å². The minimum atomic E-state index is -0.890. The number of carbonyl (C=O) groups excluding carboxylic acids is 1. The smallest absolute Gasteiger partial charge is 0.265 e. The number of hydrogen-bond donors (Lipinski definition) is 1. The van der Waals surface area contributed by atoms with Crippen LogP contribution >= 0.6 is 0 Å². The van der Waals surface area contributed by atoms with Gasteiger partial charge in [0.1, 0.15) is 23.2 Å². The van der Waals surface area contributed by atoms with Gasteiger partial charge in [0, 0.05) is 41.5 Å². The first-order valence-electron chi connectivity index (χ1n) is 10.0. The SMILES string of the molecule is C=C(C#N)C(=O)Nc1ccc(Oc2ccc(F)cc2F)c(-c2cn(C)c(=O)c3ccccc23)c1. The molecule has 0 atom stereocenters. The molecule has 0 aliphatic rings. The first kappa shape index (κ1) is 22.4. The Balaban J connectivity index is 1.92. The summed E-state index contributed by atoms with van der Waals surface area (Å²) in [5, 5.41) is 12.6. The van der Waals surface area contributed by atoms with Crippen molar-refractivity contribution in [1.29, 1.82) is 5.26 Å². The Labute approximate surface area is 193 Å². The lowest BCUT2D eigenvalue weighted by Crippen LogP contribution is -2.16. The number of halogens is 2. The highest BCUT2D eigenvalue weighted by atomic mass is 19.1. The predicted molar refractivity (Wildman–Crippen MR) is 124 cm³/mol. The number of nitriles is 1. The number of pyridine rings is 1. The molecule has 0 bridgehead atoms. The molecular formula is C26H17F2N3O3. The van der Waals surface area contributed by atoms with Crippen molar-refractivity contribution < 1.29 is 18.3 Å². The van der Waals surface area contributed by atoms with Crippen LogP contribution in [0.15, 0.2) is 83.8 Å². The number of aryl methyl sites for hydroxylation is 1. The Hall–Kier alpha value is -4.77. The molecule has 4 aromatic rings. The molecule has 0 fully saturated rings. The van der Waals surface area contributed by atoms with Gasteiger partial charge in [-0.2, -0.15) is 5.26 Å². The normalized spacial score (nSPS) is 10.5. The van der Waals surface area contributed by atoms with E-state index in [0.29, 0.717) is 33.7 Å². The lowest BCUT2D eigenvalue weighted by molar-refractivity contribution is -0.112. The summed E-state index contributed by atoms with van der Waals surface area (Å²) in [6.07, 6.45) is 1.60. The summed E-state index contributed by atoms with van der Waals surface area (Å²) in [5.74, 6) is -2.32. The number of carbonyl (C=O) groups is 1. The Morgan fingerprint density at radius 3 is 2.44 bits per heavy atom. The lowest BCUT2D eigenvalue weighted by Gasteiger charge is -2.16. The number of amides is 1. The molecule has 0 saturated heterocycles. The third-order valence-electron chi connectivity index (χ3n) is 5.14. The number of hydrogen-bond acceptors (Lipinski definition) is 4. The number of anilines is 1. The van der Waals surface area contributed by atoms with Gasteiger partial charge in [-0.1, -0.05) is 24.8 Å². The standard InChI is InChI=1S/C26H17F2N3O3/c1-15(13-29)25(32)30-17-8-10-23(34-24-9-7-16(27)11-22(24)28)20(12-17)21-14-31(2)26(33)19-6-4-3-5-18(19)21/h3-12,14H,1H2,2H3,(H,30,32). The summed E-state index contributed by atoms with van der Waals surface area (Å²) in [7, 11) is 1.60. The van der Waals surface area contributed by atoms with Crippen molar-refractivity contribution in [2.24, 2.45) is 7.05 Å². The van der Waals surface area contributed by atoms with Gasteiger partial charge in [-0.15, -0.1) is 0 Å². The maximum absolute atomic E-state index is 14.3. The summed E-state index contributed by atoms with van der Waals surface area (Å²) in [5.41, 5.74) is 0.839. The van der Waals surface area contributed by atoms with E-state index in [4.69, 9.17) is 10.00 Å². The molecule has 0 aliphatic carbocycles. The van der Waals surface area contributed by atoms with E-state index in [0.717, 1.165) is 6.07 Å². The highest BCUT2D eigenvalue weighted by Gasteiger charge is 2.17. The minimum Gasteiger partial charge on any atom is -0.454 e. The largest absolute Gasteiger partial charge is 0.454 e. The molecule has 8 heteroatoms. The van der Waals surface area contributed by atoms with Crippen LogP contribution in [0.3, 0.4) is 0 Å². The third kappa shape index (κ3) is 4.27. The summed E-state index contributed by atoms with van der Waals surface area (Å²) >= 11 is 0. The molecule has 0 unspecified atom stereocenters. The maximum Gasteiger partial charge on any atom is 0.265 e. The molecule has 0 radical (unpaired) electrons. The van der Waals surface area contributed by atoms with Crippen molar-refractivity contribution in [3.05, 3.63) is 101 Å². The van der Waals surface area contributed by atoms with Crippen LogP contribution in [0.5, 0.6) is 11.5 Å². The minimum absolute atomic E-state index is 0.200. The van der Waals surface area contributed by atoms with Crippen LogP contribution in [0.25, 0.3) is 21.9 Å². The fraction of sp³-hybridized carbons (Fsp3) is 0.0385. The van der Waals surface area contributed by atoms with E-state index in [1.54, 1.807) is 49.6 Å². The van der Waals surface area contributed by atoms with E-state index in [2.05, 4.69) is 11.9 Å². The van der Waals surface area contributed by atoms with Crippen molar-refractivity contribution in [3.8, 4) is 28.7 Å². The molecular weight excluding hydrogens is 440 g/mol. The maximum atomic E-state index is 14.3. The van der Waals surface area contributed by atoms with Crippen molar-refractivity contribution in [2.75, 3.05) is 5.32 Å². The van der Waals surface area contributed by atoms with Gasteiger partial charge in [-0.3, -0.25) is 9.59 Å². The zero-order valence-corrected chi connectivity index (χ0v) is 17.9. The fourth-order valence-electron chi connectivity index (χ4n) is 3.47. The molecule has 0 spiro atoms. The van der Waals surface area contributed by atoms with Crippen molar-refractivity contribution in [3.63, 3.8) is 0 Å². The summed E-state index contributed by atoms with van der Waals surface area (Å²) in [6, 6.07) is 16.2. The summed E-state index contributed by atoms with van der Waals surface area (Å²) in [4.78, 5) is 24.8. The Morgan fingerprint density at radius 1 is 1.03 bits per heavy atom. The molecule has 0 saturated carbocycles. The van der Waals surface area contributed by atoms with Gasteiger partial charge >= 0.3 is 0 Å². The Morgan fingerprint density at radius 2 is 1.74 bits per heavy atom. The van der Waals surface area contributed by atoms with Crippen molar-refractivity contribution in [2.45, 2.75) is 0 Å². The molecule has 1 aromatic heterocycles. The van der Waals surface area contributed by atoms with E-state index < -0.39 is 17.5 Å². The Bertz CT molecular complexity index is 1570. The van der Waals surface area contributed by atoms with Gasteiger partial charge in [0.05, 0.1) is 0 Å². The second kappa shape index (κ2) is 9.00. The number of nitrogens with zero attached hydrogens (tertiary/aromatic N) is 2. The fourth-order valence-corrected chi connectivity index (χ4v) is 3.47. The van der Waals surface area contributed by atoms with E-state index in [1.807, 2.05) is 0 Å². The second-order valence-corrected chi connectivity index (χ2v) is 7.44. The molecule has 1 N–H and O–H groups in total. The topological polar surface area (TPSA) is 84.1 Å². The highest BCUT2D eigenvalue weighted by molar-refractivity contribution is 6.06. The van der Waals surface area contributed by atoms with Crippen LogP contribution < -0.4 is 15.6 Å². The van der Waals surface area contributed by atoms with E-state index in [9.17, 15) is 18.4 Å². The number of fused-ring (bicyclic) bond motifs is 1. The van der Waals surface area contributed by atoms with Crippen molar-refractivity contribution >= 4 is 22.4 Å². The third-order valence-corrected chi connectivity index (χ3v) is 5.14. The number of rotatable bonds is 5. The zero-order valence-electron chi connectivity index (χ0n) is 17.9. The Kier molecular flexibility index (Phi) is 5.94. The monoisotopic (exact) mass is 457 g/mol. The number of nitrogens with one attached hydrogen (secondary N) is 1. The van der Waals surface area contributed by atoms with Gasteiger partial charge in [0.25, 0.3) is 11.5 Å². The van der Waals surface area contributed by atoms with E-state index in [-0.39, 0.29) is 22.6 Å². The van der Waals surface area contributed by atoms with Crippen LogP contribution in [-0.2, 0) is 11.8 Å². The first-order chi connectivity index (χ1) is 16.3. The molecule has 3 aromatic carbocycles.